The number of hydrogen-bond acceptors (Lipinski definition) is 4. The first-order valence-electron chi connectivity index (χ1n) is 8.30. The van der Waals surface area contributed by atoms with Crippen molar-refractivity contribution in [3.63, 3.8) is 0 Å². The van der Waals surface area contributed by atoms with Gasteiger partial charge in [-0.3, -0.25) is 4.72 Å². The highest BCUT2D eigenvalue weighted by Crippen LogP contribution is 2.46. The zero-order valence-electron chi connectivity index (χ0n) is 14.3. The number of furan rings is 1. The van der Waals surface area contributed by atoms with Gasteiger partial charge in [-0.25, -0.2) is 13.2 Å². The molecule has 2 aromatic carbocycles. The number of fused-ring (bicyclic) bond motifs is 1. The van der Waals surface area contributed by atoms with Gasteiger partial charge in [0.1, 0.15) is 16.9 Å². The molecule has 140 valence electrons. The van der Waals surface area contributed by atoms with Crippen LogP contribution in [0.1, 0.15) is 34.7 Å². The van der Waals surface area contributed by atoms with Gasteiger partial charge in [-0.1, -0.05) is 11.6 Å². The van der Waals surface area contributed by atoms with Crippen LogP contribution in [0.25, 0.3) is 22.3 Å². The number of carboxylic acids is 1. The quantitative estimate of drug-likeness (QED) is 0.641. The molecule has 8 heteroatoms. The lowest BCUT2D eigenvalue weighted by atomic mass is 10.0. The minimum absolute atomic E-state index is 0.0557. The summed E-state index contributed by atoms with van der Waals surface area (Å²) < 4.78 is 31.8. The Bertz CT molecular complexity index is 1160. The third-order valence-corrected chi connectivity index (χ3v) is 5.34. The molecule has 0 spiro atoms. The van der Waals surface area contributed by atoms with Crippen molar-refractivity contribution in [1.29, 1.82) is 0 Å². The number of halogens is 1. The minimum atomic E-state index is -3.47. The van der Waals surface area contributed by atoms with Gasteiger partial charge in [0.25, 0.3) is 0 Å². The number of aromatic carboxylic acids is 1. The predicted octanol–water partition coefficient (Wildman–Crippen LogP) is 4.70. The maximum Gasteiger partial charge on any atom is 0.340 e. The van der Waals surface area contributed by atoms with Crippen LogP contribution in [0.4, 0.5) is 5.69 Å². The largest absolute Gasteiger partial charge is 0.478 e. The molecule has 1 fully saturated rings. The molecule has 27 heavy (non-hydrogen) atoms. The van der Waals surface area contributed by atoms with Crippen LogP contribution in [-0.2, 0) is 10.0 Å². The molecule has 6 nitrogen and oxygen atoms in total. The Morgan fingerprint density at radius 2 is 1.89 bits per heavy atom. The predicted molar refractivity (Wildman–Crippen MR) is 104 cm³/mol. The van der Waals surface area contributed by atoms with E-state index in [9.17, 15) is 18.3 Å². The van der Waals surface area contributed by atoms with Crippen LogP contribution in [0.15, 0.2) is 40.8 Å². The topological polar surface area (TPSA) is 96.6 Å². The molecule has 1 saturated carbocycles. The Balaban J connectivity index is 1.97. The summed E-state index contributed by atoms with van der Waals surface area (Å²) >= 11 is 5.91. The normalized spacial score (nSPS) is 14.4. The molecular weight excluding hydrogens is 390 g/mol. The van der Waals surface area contributed by atoms with Crippen LogP contribution < -0.4 is 4.72 Å². The van der Waals surface area contributed by atoms with Crippen LogP contribution in [0, 0.1) is 0 Å². The SMILES string of the molecule is CS(=O)(=O)Nc1cc2oc(-c3ccc(Cl)cc3)c(C(=O)O)c2cc1C1CC1. The van der Waals surface area contributed by atoms with Crippen molar-refractivity contribution >= 4 is 44.3 Å². The van der Waals surface area contributed by atoms with E-state index in [0.29, 0.717) is 27.2 Å². The fourth-order valence-corrected chi connectivity index (χ4v) is 3.90. The molecule has 3 aromatic rings. The molecule has 1 aromatic heterocycles. The molecule has 0 radical (unpaired) electrons. The molecule has 1 heterocycles. The van der Waals surface area contributed by atoms with Crippen LogP contribution >= 0.6 is 11.6 Å². The standard InChI is InChI=1S/C19H16ClNO5S/c1-27(24,25)21-15-9-16-14(8-13(15)10-2-3-10)17(19(22)23)18(26-16)11-4-6-12(20)7-5-11/h4-10,21H,2-3H2,1H3,(H,22,23). The summed E-state index contributed by atoms with van der Waals surface area (Å²) in [5, 5.41) is 10.8. The first-order valence-corrected chi connectivity index (χ1v) is 10.6. The number of benzene rings is 2. The van der Waals surface area contributed by atoms with E-state index in [4.69, 9.17) is 16.0 Å². The summed E-state index contributed by atoms with van der Waals surface area (Å²) in [6, 6.07) is 9.97. The van der Waals surface area contributed by atoms with Gasteiger partial charge in [-0.15, -0.1) is 0 Å². The van der Waals surface area contributed by atoms with Gasteiger partial charge in [0.2, 0.25) is 10.0 Å². The smallest absolute Gasteiger partial charge is 0.340 e. The van der Waals surface area contributed by atoms with Crippen molar-refractivity contribution in [1.82, 2.24) is 0 Å². The number of carboxylic acid groups (broad SMARTS) is 1. The van der Waals surface area contributed by atoms with Gasteiger partial charge >= 0.3 is 5.97 Å². The van der Waals surface area contributed by atoms with E-state index in [-0.39, 0.29) is 17.2 Å². The van der Waals surface area contributed by atoms with Crippen molar-refractivity contribution in [3.8, 4) is 11.3 Å². The van der Waals surface area contributed by atoms with Crippen molar-refractivity contribution in [2.24, 2.45) is 0 Å². The van der Waals surface area contributed by atoms with E-state index in [1.54, 1.807) is 36.4 Å². The lowest BCUT2D eigenvalue weighted by Crippen LogP contribution is -2.11. The van der Waals surface area contributed by atoms with Crippen molar-refractivity contribution < 1.29 is 22.7 Å². The van der Waals surface area contributed by atoms with E-state index < -0.39 is 16.0 Å². The summed E-state index contributed by atoms with van der Waals surface area (Å²) in [5.74, 6) is -0.675. The number of nitrogens with one attached hydrogen (secondary N) is 1. The average molecular weight is 406 g/mol. The Hall–Kier alpha value is -2.51. The maximum atomic E-state index is 12.0. The van der Waals surface area contributed by atoms with Crippen LogP contribution in [0.5, 0.6) is 0 Å². The molecule has 0 bridgehead atoms. The molecule has 1 aliphatic rings. The molecule has 0 saturated heterocycles. The molecule has 0 atom stereocenters. The van der Waals surface area contributed by atoms with Gasteiger partial charge in [-0.05, 0) is 54.7 Å². The first-order chi connectivity index (χ1) is 12.7. The van der Waals surface area contributed by atoms with Gasteiger partial charge in [0, 0.05) is 22.0 Å². The Morgan fingerprint density at radius 3 is 2.44 bits per heavy atom. The average Bonchev–Trinajstić information content (AvgIpc) is 3.34. The highest BCUT2D eigenvalue weighted by Gasteiger charge is 2.30. The number of sulfonamides is 1. The van der Waals surface area contributed by atoms with E-state index in [2.05, 4.69) is 4.72 Å². The second-order valence-corrected chi connectivity index (χ2v) is 8.89. The molecular formula is C19H16ClNO5S. The number of hydrogen-bond donors (Lipinski definition) is 2. The third-order valence-electron chi connectivity index (χ3n) is 4.49. The summed E-state index contributed by atoms with van der Waals surface area (Å²) in [4.78, 5) is 12.0. The second-order valence-electron chi connectivity index (χ2n) is 6.70. The summed E-state index contributed by atoms with van der Waals surface area (Å²) in [7, 11) is -3.47. The fraction of sp³-hybridized carbons (Fsp3) is 0.211. The molecule has 0 aliphatic heterocycles. The number of anilines is 1. The van der Waals surface area contributed by atoms with Crippen molar-refractivity contribution in [2.75, 3.05) is 11.0 Å². The van der Waals surface area contributed by atoms with E-state index in [0.717, 1.165) is 24.7 Å². The molecule has 4 rings (SSSR count). The lowest BCUT2D eigenvalue weighted by molar-refractivity contribution is 0.0699. The zero-order chi connectivity index (χ0) is 19.3. The fourth-order valence-electron chi connectivity index (χ4n) is 3.20. The van der Waals surface area contributed by atoms with Crippen LogP contribution in [-0.4, -0.2) is 25.7 Å². The lowest BCUT2D eigenvalue weighted by Gasteiger charge is -2.10. The van der Waals surface area contributed by atoms with Gasteiger partial charge in [0.05, 0.1) is 11.9 Å². The Labute approximate surface area is 160 Å². The van der Waals surface area contributed by atoms with Crippen LogP contribution in [0.2, 0.25) is 5.02 Å². The number of carbonyl (C=O) groups is 1. The zero-order valence-corrected chi connectivity index (χ0v) is 15.9. The molecule has 0 unspecified atom stereocenters. The molecule has 1 aliphatic carbocycles. The summed E-state index contributed by atoms with van der Waals surface area (Å²) in [5.41, 5.74) is 2.17. The summed E-state index contributed by atoms with van der Waals surface area (Å²) in [6.07, 6.45) is 2.96. The van der Waals surface area contributed by atoms with Gasteiger partial charge < -0.3 is 9.52 Å². The number of rotatable bonds is 5. The van der Waals surface area contributed by atoms with Gasteiger partial charge in [0.15, 0.2) is 0 Å². The van der Waals surface area contributed by atoms with Crippen molar-refractivity contribution in [2.45, 2.75) is 18.8 Å². The molecule has 2 N–H and O–H groups in total. The molecule has 0 amide bonds. The van der Waals surface area contributed by atoms with Crippen LogP contribution in [0.3, 0.4) is 0 Å². The van der Waals surface area contributed by atoms with Gasteiger partial charge in [-0.2, -0.15) is 0 Å². The minimum Gasteiger partial charge on any atom is -0.478 e. The Kier molecular flexibility index (Phi) is 4.16. The third kappa shape index (κ3) is 3.52. The van der Waals surface area contributed by atoms with E-state index >= 15 is 0 Å². The van der Waals surface area contributed by atoms with E-state index in [1.165, 1.54) is 0 Å². The second kappa shape index (κ2) is 6.28. The summed E-state index contributed by atoms with van der Waals surface area (Å²) in [6.45, 7) is 0. The van der Waals surface area contributed by atoms with Crippen molar-refractivity contribution in [3.05, 3.63) is 52.5 Å². The Morgan fingerprint density at radius 1 is 1.22 bits per heavy atom. The maximum absolute atomic E-state index is 12.0. The highest BCUT2D eigenvalue weighted by atomic mass is 35.5. The first kappa shape index (κ1) is 17.9. The monoisotopic (exact) mass is 405 g/mol. The van der Waals surface area contributed by atoms with E-state index in [1.807, 2.05) is 0 Å². The highest BCUT2D eigenvalue weighted by molar-refractivity contribution is 7.92.